The molecule has 1 aromatic carbocycles. The molecule has 1 aliphatic heterocycles. The van der Waals surface area contributed by atoms with Gasteiger partial charge in [-0.2, -0.15) is 4.31 Å². The van der Waals surface area contributed by atoms with Gasteiger partial charge in [-0.15, -0.1) is 11.3 Å². The molecule has 0 N–H and O–H groups in total. The third kappa shape index (κ3) is 3.45. The normalized spacial score (nSPS) is 16.3. The Kier molecular flexibility index (Phi) is 5.17. The minimum atomic E-state index is -3.47. The summed E-state index contributed by atoms with van der Waals surface area (Å²) in [5.41, 5.74) is 0.443. The van der Waals surface area contributed by atoms with Crippen LogP contribution in [0.5, 0.6) is 0 Å². The van der Waals surface area contributed by atoms with Crippen LogP contribution in [0.2, 0.25) is 10.0 Å². The maximum Gasteiger partial charge on any atom is 0.253 e. The second kappa shape index (κ2) is 7.01. The van der Waals surface area contributed by atoms with E-state index in [1.807, 2.05) is 0 Å². The van der Waals surface area contributed by atoms with E-state index in [2.05, 4.69) is 0 Å². The lowest BCUT2D eigenvalue weighted by atomic mass is 10.2. The fraction of sp³-hybridized carbons (Fsp3) is 0.267. The van der Waals surface area contributed by atoms with E-state index in [0.29, 0.717) is 32.9 Å². The molecule has 0 spiro atoms. The van der Waals surface area contributed by atoms with E-state index in [0.717, 1.165) is 0 Å². The van der Waals surface area contributed by atoms with Gasteiger partial charge in [0.1, 0.15) is 4.21 Å². The lowest BCUT2D eigenvalue weighted by molar-refractivity contribution is 0.0698. The van der Waals surface area contributed by atoms with Crippen LogP contribution in [0.4, 0.5) is 0 Å². The monoisotopic (exact) mass is 404 g/mol. The minimum Gasteiger partial charge on any atom is -0.336 e. The smallest absolute Gasteiger partial charge is 0.253 e. The summed E-state index contributed by atoms with van der Waals surface area (Å²) in [6.45, 7) is 1.22. The van der Waals surface area contributed by atoms with Crippen molar-refractivity contribution < 1.29 is 13.2 Å². The molecule has 0 radical (unpaired) electrons. The van der Waals surface area contributed by atoms with Crippen molar-refractivity contribution in [3.63, 3.8) is 0 Å². The third-order valence-corrected chi connectivity index (χ3v) is 7.79. The second-order valence-corrected chi connectivity index (χ2v) is 9.18. The molecule has 0 aliphatic carbocycles. The first-order valence-corrected chi connectivity index (χ1v) is 10.2. The molecule has 2 aromatic rings. The van der Waals surface area contributed by atoms with Gasteiger partial charge in [0.15, 0.2) is 0 Å². The highest BCUT2D eigenvalue weighted by molar-refractivity contribution is 7.91. The number of piperazine rings is 1. The van der Waals surface area contributed by atoms with Gasteiger partial charge in [-0.05, 0) is 29.6 Å². The maximum absolute atomic E-state index is 12.5. The van der Waals surface area contributed by atoms with Crippen molar-refractivity contribution in [2.24, 2.45) is 0 Å². The molecular weight excluding hydrogens is 391 g/mol. The Morgan fingerprint density at radius 2 is 1.75 bits per heavy atom. The summed E-state index contributed by atoms with van der Waals surface area (Å²) >= 11 is 13.0. The summed E-state index contributed by atoms with van der Waals surface area (Å²) in [5.74, 6) is -0.179. The first kappa shape index (κ1) is 17.7. The number of hydrogen-bond acceptors (Lipinski definition) is 4. The zero-order valence-electron chi connectivity index (χ0n) is 12.5. The third-order valence-electron chi connectivity index (χ3n) is 3.78. The van der Waals surface area contributed by atoms with Crippen molar-refractivity contribution in [3.05, 3.63) is 51.3 Å². The van der Waals surface area contributed by atoms with E-state index in [1.165, 1.54) is 21.7 Å². The molecule has 1 aliphatic rings. The number of amides is 1. The average Bonchev–Trinajstić information content (AvgIpc) is 3.12. The van der Waals surface area contributed by atoms with Crippen molar-refractivity contribution in [2.45, 2.75) is 4.21 Å². The number of rotatable bonds is 3. The van der Waals surface area contributed by atoms with Crippen LogP contribution in [0.3, 0.4) is 0 Å². The molecule has 5 nitrogen and oxygen atoms in total. The van der Waals surface area contributed by atoms with E-state index in [1.54, 1.807) is 34.5 Å². The van der Waals surface area contributed by atoms with Crippen molar-refractivity contribution in [2.75, 3.05) is 26.2 Å². The second-order valence-electron chi connectivity index (χ2n) is 5.26. The first-order valence-electron chi connectivity index (χ1n) is 7.17. The van der Waals surface area contributed by atoms with Crippen LogP contribution in [-0.2, 0) is 10.0 Å². The maximum atomic E-state index is 12.5. The van der Waals surface area contributed by atoms with Gasteiger partial charge in [0.05, 0.1) is 10.0 Å². The average molecular weight is 405 g/mol. The van der Waals surface area contributed by atoms with Crippen molar-refractivity contribution in [1.29, 1.82) is 0 Å². The number of carbonyl (C=O) groups excluding carboxylic acids is 1. The highest BCUT2D eigenvalue weighted by atomic mass is 35.5. The Balaban J connectivity index is 1.69. The zero-order valence-corrected chi connectivity index (χ0v) is 15.6. The molecule has 1 fully saturated rings. The Morgan fingerprint density at radius 1 is 1.04 bits per heavy atom. The zero-order chi connectivity index (χ0) is 17.3. The van der Waals surface area contributed by atoms with E-state index < -0.39 is 10.0 Å². The molecule has 24 heavy (non-hydrogen) atoms. The number of hydrogen-bond donors (Lipinski definition) is 0. The summed E-state index contributed by atoms with van der Waals surface area (Å²) in [5, 5.41) is 2.44. The van der Waals surface area contributed by atoms with Gasteiger partial charge < -0.3 is 4.90 Å². The van der Waals surface area contributed by atoms with Crippen molar-refractivity contribution in [3.8, 4) is 0 Å². The van der Waals surface area contributed by atoms with Gasteiger partial charge in [0, 0.05) is 31.7 Å². The van der Waals surface area contributed by atoms with Crippen LogP contribution in [0.25, 0.3) is 0 Å². The SMILES string of the molecule is O=C(c1ccc(Cl)c(Cl)c1)N1CCN(S(=O)(=O)c2cccs2)CC1. The van der Waals surface area contributed by atoms with Crippen LogP contribution in [0.15, 0.2) is 39.9 Å². The molecular formula is C15H14Cl2N2O3S2. The standard InChI is InChI=1S/C15H14Cl2N2O3S2/c16-12-4-3-11(10-13(12)17)15(20)18-5-7-19(8-6-18)24(21,22)14-2-1-9-23-14/h1-4,9-10H,5-8H2. The summed E-state index contributed by atoms with van der Waals surface area (Å²) in [6, 6.07) is 8.02. The quantitative estimate of drug-likeness (QED) is 0.788. The number of carbonyl (C=O) groups is 1. The Bertz CT molecular complexity index is 846. The van der Waals surface area contributed by atoms with E-state index in [4.69, 9.17) is 23.2 Å². The predicted octanol–water partition coefficient (Wildman–Crippen LogP) is 3.20. The summed E-state index contributed by atoms with van der Waals surface area (Å²) in [4.78, 5) is 14.1. The Labute approximate surface area is 154 Å². The molecule has 0 saturated carbocycles. The predicted molar refractivity (Wildman–Crippen MR) is 95.4 cm³/mol. The number of nitrogens with zero attached hydrogens (tertiary/aromatic N) is 2. The molecule has 1 saturated heterocycles. The molecule has 0 bridgehead atoms. The summed E-state index contributed by atoms with van der Waals surface area (Å²) in [7, 11) is -3.47. The summed E-state index contributed by atoms with van der Waals surface area (Å²) in [6.07, 6.45) is 0. The van der Waals surface area contributed by atoms with Crippen LogP contribution in [0, 0.1) is 0 Å². The lowest BCUT2D eigenvalue weighted by Crippen LogP contribution is -2.50. The number of halogens is 2. The van der Waals surface area contributed by atoms with Crippen molar-refractivity contribution in [1.82, 2.24) is 9.21 Å². The van der Waals surface area contributed by atoms with E-state index >= 15 is 0 Å². The fourth-order valence-electron chi connectivity index (χ4n) is 2.48. The molecule has 0 atom stereocenters. The lowest BCUT2D eigenvalue weighted by Gasteiger charge is -2.33. The molecule has 1 aromatic heterocycles. The van der Waals surface area contributed by atoms with Gasteiger partial charge >= 0.3 is 0 Å². The topological polar surface area (TPSA) is 57.7 Å². The van der Waals surface area contributed by atoms with E-state index in [9.17, 15) is 13.2 Å². The highest BCUT2D eigenvalue weighted by Gasteiger charge is 2.31. The Morgan fingerprint density at radius 3 is 2.33 bits per heavy atom. The van der Waals surface area contributed by atoms with Crippen LogP contribution >= 0.6 is 34.5 Å². The molecule has 9 heteroatoms. The fourth-order valence-corrected chi connectivity index (χ4v) is 5.35. The van der Waals surface area contributed by atoms with Crippen LogP contribution < -0.4 is 0 Å². The van der Waals surface area contributed by atoms with Gasteiger partial charge in [-0.3, -0.25) is 4.79 Å². The first-order chi connectivity index (χ1) is 11.4. The summed E-state index contributed by atoms with van der Waals surface area (Å²) < 4.78 is 26.7. The van der Waals surface area contributed by atoms with Gasteiger partial charge in [0.2, 0.25) is 0 Å². The Hall–Kier alpha value is -1.12. The van der Waals surface area contributed by atoms with Crippen molar-refractivity contribution >= 4 is 50.5 Å². The molecule has 1 amide bonds. The highest BCUT2D eigenvalue weighted by Crippen LogP contribution is 2.25. The van der Waals surface area contributed by atoms with Gasteiger partial charge in [-0.25, -0.2) is 8.42 Å². The van der Waals surface area contributed by atoms with Gasteiger partial charge in [0.25, 0.3) is 15.9 Å². The number of sulfonamides is 1. The largest absolute Gasteiger partial charge is 0.336 e. The minimum absolute atomic E-state index is 0.179. The number of thiophene rings is 1. The van der Waals surface area contributed by atoms with Crippen LogP contribution in [-0.4, -0.2) is 49.7 Å². The molecule has 0 unspecified atom stereocenters. The molecule has 128 valence electrons. The van der Waals surface area contributed by atoms with E-state index in [-0.39, 0.29) is 19.0 Å². The number of benzene rings is 1. The molecule has 3 rings (SSSR count). The van der Waals surface area contributed by atoms with Gasteiger partial charge in [-0.1, -0.05) is 29.3 Å². The molecule has 2 heterocycles. The van der Waals surface area contributed by atoms with Crippen LogP contribution in [0.1, 0.15) is 10.4 Å².